The quantitative estimate of drug-likeness (QED) is 0.434. The van der Waals surface area contributed by atoms with Gasteiger partial charge in [0, 0.05) is 12.5 Å². The van der Waals surface area contributed by atoms with Crippen molar-refractivity contribution < 1.29 is 18.3 Å². The van der Waals surface area contributed by atoms with Crippen molar-refractivity contribution in [2.75, 3.05) is 0 Å². The van der Waals surface area contributed by atoms with Crippen molar-refractivity contribution in [2.45, 2.75) is 77.0 Å². The molecule has 0 spiro atoms. The lowest BCUT2D eigenvalue weighted by molar-refractivity contribution is -0.271. The summed E-state index contributed by atoms with van der Waals surface area (Å²) in [6.45, 7) is 4.42. The summed E-state index contributed by atoms with van der Waals surface area (Å²) < 4.78 is 40.1. The minimum atomic E-state index is -4.57. The van der Waals surface area contributed by atoms with Crippen LogP contribution in [0.1, 0.15) is 65.2 Å². The van der Waals surface area contributed by atoms with Gasteiger partial charge in [-0.2, -0.15) is 18.4 Å². The van der Waals surface area contributed by atoms with E-state index in [-0.39, 0.29) is 23.7 Å². The van der Waals surface area contributed by atoms with Crippen molar-refractivity contribution in [2.24, 2.45) is 28.6 Å². The molecule has 0 aromatic heterocycles. The molecule has 0 aromatic carbocycles. The SMILES string of the molecule is C[C@]12CC[C@](O)(C(F)(F)F)CC1=CC[C@@H]1[C@@H]2CC[C@]2(C)/C(=C\C#N)CC[C@@H]12. The smallest absolute Gasteiger partial charge is 0.380 e. The van der Waals surface area contributed by atoms with Crippen molar-refractivity contribution in [1.29, 1.82) is 5.26 Å². The molecule has 0 amide bonds. The highest BCUT2D eigenvalue weighted by Gasteiger charge is 2.62. The van der Waals surface area contributed by atoms with Crippen LogP contribution >= 0.6 is 0 Å². The molecule has 0 saturated heterocycles. The Morgan fingerprint density at radius 3 is 2.52 bits per heavy atom. The maximum atomic E-state index is 13.4. The van der Waals surface area contributed by atoms with Crippen LogP contribution < -0.4 is 0 Å². The number of halogens is 3. The summed E-state index contributed by atoms with van der Waals surface area (Å²) in [5.41, 5.74) is -0.638. The lowest BCUT2D eigenvalue weighted by atomic mass is 9.47. The molecule has 0 unspecified atom stereocenters. The Kier molecular flexibility index (Phi) is 4.14. The Morgan fingerprint density at radius 1 is 1.15 bits per heavy atom. The molecule has 1 N–H and O–H groups in total. The van der Waals surface area contributed by atoms with Crippen molar-refractivity contribution in [3.63, 3.8) is 0 Å². The Morgan fingerprint density at radius 2 is 1.85 bits per heavy atom. The molecule has 27 heavy (non-hydrogen) atoms. The van der Waals surface area contributed by atoms with Crippen molar-refractivity contribution in [1.82, 2.24) is 0 Å². The average Bonchev–Trinajstić information content (AvgIpc) is 2.92. The molecule has 0 aliphatic heterocycles. The number of fused-ring (bicyclic) bond motifs is 5. The fourth-order valence-electron chi connectivity index (χ4n) is 7.05. The standard InChI is InChI=1S/C22H28F3NO/c1-19-9-7-18-16(17(19)6-4-14(19)8-12-26)5-3-15-13-21(27,22(23,24)25)11-10-20(15,18)2/h3,8,16-18,27H,4-7,9-11,13H2,1-2H3/b14-8-/t16-,17-,18-,19+,20-,21+/m0/s1. The lowest BCUT2D eigenvalue weighted by Crippen LogP contribution is -2.55. The Balaban J connectivity index is 1.65. The van der Waals surface area contributed by atoms with Crippen LogP contribution in [0.5, 0.6) is 0 Å². The maximum absolute atomic E-state index is 13.4. The van der Waals surface area contributed by atoms with Crippen LogP contribution in [0.3, 0.4) is 0 Å². The minimum absolute atomic E-state index is 0.0694. The van der Waals surface area contributed by atoms with Crippen molar-refractivity contribution in [3.8, 4) is 6.07 Å². The molecular formula is C22H28F3NO. The van der Waals surface area contributed by atoms with Gasteiger partial charge in [-0.3, -0.25) is 0 Å². The normalized spacial score (nSPS) is 48.3. The molecule has 2 nitrogen and oxygen atoms in total. The van der Waals surface area contributed by atoms with Gasteiger partial charge in [-0.1, -0.05) is 31.1 Å². The molecule has 0 radical (unpaired) electrons. The van der Waals surface area contributed by atoms with Gasteiger partial charge in [-0.25, -0.2) is 0 Å². The van der Waals surface area contributed by atoms with E-state index in [4.69, 9.17) is 5.26 Å². The zero-order valence-corrected chi connectivity index (χ0v) is 16.1. The molecule has 0 heterocycles. The molecule has 4 aliphatic carbocycles. The molecule has 4 rings (SSSR count). The zero-order chi connectivity index (χ0) is 19.7. The van der Waals surface area contributed by atoms with Gasteiger partial charge in [0.05, 0.1) is 6.07 Å². The van der Waals surface area contributed by atoms with E-state index in [2.05, 4.69) is 19.9 Å². The first-order valence-corrected chi connectivity index (χ1v) is 10.1. The molecular weight excluding hydrogens is 351 g/mol. The van der Waals surface area contributed by atoms with E-state index in [1.54, 1.807) is 6.08 Å². The molecule has 3 saturated carbocycles. The number of alkyl halides is 3. The number of hydrogen-bond donors (Lipinski definition) is 1. The number of aliphatic hydroxyl groups is 1. The van der Waals surface area contributed by atoms with E-state index < -0.39 is 11.8 Å². The van der Waals surface area contributed by atoms with E-state index in [0.29, 0.717) is 24.2 Å². The summed E-state index contributed by atoms with van der Waals surface area (Å²) in [7, 11) is 0. The van der Waals surface area contributed by atoms with Crippen LogP contribution in [0.4, 0.5) is 13.2 Å². The molecule has 148 valence electrons. The molecule has 4 aliphatic rings. The minimum Gasteiger partial charge on any atom is -0.380 e. The Bertz CT molecular complexity index is 748. The van der Waals surface area contributed by atoms with Crippen molar-refractivity contribution in [3.05, 3.63) is 23.3 Å². The Labute approximate surface area is 159 Å². The van der Waals surface area contributed by atoms with Gasteiger partial charge in [-0.05, 0) is 73.5 Å². The van der Waals surface area contributed by atoms with Crippen LogP contribution in [-0.2, 0) is 0 Å². The van der Waals surface area contributed by atoms with Crippen molar-refractivity contribution >= 4 is 0 Å². The number of nitrogens with zero attached hydrogens (tertiary/aromatic N) is 1. The van der Waals surface area contributed by atoms with Crippen LogP contribution in [-0.4, -0.2) is 16.9 Å². The predicted octanol–water partition coefficient (Wildman–Crippen LogP) is 5.69. The number of nitriles is 1. The third-order valence-corrected chi connectivity index (χ3v) is 8.78. The number of rotatable bonds is 0. The van der Waals surface area contributed by atoms with Gasteiger partial charge >= 0.3 is 6.18 Å². The first-order chi connectivity index (χ1) is 12.6. The highest BCUT2D eigenvalue weighted by molar-refractivity contribution is 5.32. The van der Waals surface area contributed by atoms with E-state index in [0.717, 1.165) is 37.7 Å². The highest BCUT2D eigenvalue weighted by Crippen LogP contribution is 2.67. The summed E-state index contributed by atoms with van der Waals surface area (Å²) in [6.07, 6.45) is 3.99. The van der Waals surface area contributed by atoms with E-state index in [9.17, 15) is 18.3 Å². The van der Waals surface area contributed by atoms with Gasteiger partial charge < -0.3 is 5.11 Å². The summed E-state index contributed by atoms with van der Waals surface area (Å²) in [4.78, 5) is 0. The van der Waals surface area contributed by atoms with Gasteiger partial charge in [0.25, 0.3) is 0 Å². The van der Waals surface area contributed by atoms with E-state index >= 15 is 0 Å². The van der Waals surface area contributed by atoms with Gasteiger partial charge in [0.15, 0.2) is 5.60 Å². The monoisotopic (exact) mass is 379 g/mol. The first-order valence-electron chi connectivity index (χ1n) is 10.1. The topological polar surface area (TPSA) is 44.0 Å². The van der Waals surface area contributed by atoms with Crippen LogP contribution in [0, 0.1) is 39.9 Å². The Hall–Kier alpha value is -1.28. The lowest BCUT2D eigenvalue weighted by Gasteiger charge is -2.58. The second-order valence-electron chi connectivity index (χ2n) is 9.76. The summed E-state index contributed by atoms with van der Waals surface area (Å²) in [5, 5.41) is 19.4. The van der Waals surface area contributed by atoms with Gasteiger partial charge in [0.2, 0.25) is 0 Å². The highest BCUT2D eigenvalue weighted by atomic mass is 19.4. The second kappa shape index (κ2) is 5.86. The predicted molar refractivity (Wildman–Crippen MR) is 96.4 cm³/mol. The third-order valence-electron chi connectivity index (χ3n) is 8.78. The fraction of sp³-hybridized carbons (Fsp3) is 0.773. The second-order valence-corrected chi connectivity index (χ2v) is 9.76. The molecule has 3 fully saturated rings. The average molecular weight is 379 g/mol. The number of allylic oxidation sites excluding steroid dienone is 3. The fourth-order valence-corrected chi connectivity index (χ4v) is 7.05. The first kappa shape index (κ1) is 19.1. The largest absolute Gasteiger partial charge is 0.417 e. The van der Waals surface area contributed by atoms with Crippen LogP contribution in [0.2, 0.25) is 0 Å². The molecule has 6 atom stereocenters. The summed E-state index contributed by atoms with van der Waals surface area (Å²) in [5.74, 6) is 1.36. The van der Waals surface area contributed by atoms with Crippen LogP contribution in [0.25, 0.3) is 0 Å². The van der Waals surface area contributed by atoms with Gasteiger partial charge in [-0.15, -0.1) is 0 Å². The van der Waals surface area contributed by atoms with Gasteiger partial charge in [0.1, 0.15) is 0 Å². The maximum Gasteiger partial charge on any atom is 0.417 e. The van der Waals surface area contributed by atoms with E-state index in [1.165, 1.54) is 5.57 Å². The van der Waals surface area contributed by atoms with E-state index in [1.807, 2.05) is 6.08 Å². The molecule has 5 heteroatoms. The summed E-state index contributed by atoms with van der Waals surface area (Å²) in [6, 6.07) is 2.21. The summed E-state index contributed by atoms with van der Waals surface area (Å²) >= 11 is 0. The third kappa shape index (κ3) is 2.55. The molecule has 0 bridgehead atoms. The molecule has 0 aromatic rings. The zero-order valence-electron chi connectivity index (χ0n) is 16.1. The van der Waals surface area contributed by atoms with Crippen LogP contribution in [0.15, 0.2) is 23.3 Å². The number of hydrogen-bond acceptors (Lipinski definition) is 2.